The SMILES string of the molecule is CCOCc1nc2c(=N)n(O)c3ccccc3c2n1CC(C)(C)OCCNC(=O)C(C)(C)NC(=O)OCc1ccccc1. The number of amides is 2. The molecule has 12 heteroatoms. The molecule has 0 fully saturated rings. The average molecular weight is 593 g/mol. The molecule has 2 aromatic heterocycles. The molecule has 2 aromatic carbocycles. The molecule has 2 amide bonds. The van der Waals surface area contributed by atoms with E-state index in [1.807, 2.05) is 67.8 Å². The molecule has 0 unspecified atom stereocenters. The summed E-state index contributed by atoms with van der Waals surface area (Å²) in [4.78, 5) is 29.8. The van der Waals surface area contributed by atoms with E-state index in [4.69, 9.17) is 19.6 Å². The second-order valence-corrected chi connectivity index (χ2v) is 11.3. The predicted octanol–water partition coefficient (Wildman–Crippen LogP) is 3.86. The zero-order chi connectivity index (χ0) is 31.2. The Morgan fingerprint density at radius 1 is 1.02 bits per heavy atom. The fourth-order valence-electron chi connectivity index (χ4n) is 4.70. The van der Waals surface area contributed by atoms with E-state index in [0.717, 1.165) is 15.7 Å². The zero-order valence-corrected chi connectivity index (χ0v) is 25.3. The van der Waals surface area contributed by atoms with Gasteiger partial charge < -0.3 is 34.6 Å². The first kappa shape index (κ1) is 31.5. The van der Waals surface area contributed by atoms with Gasteiger partial charge in [0.15, 0.2) is 5.49 Å². The van der Waals surface area contributed by atoms with Crippen LogP contribution in [0.15, 0.2) is 54.6 Å². The average Bonchev–Trinajstić information content (AvgIpc) is 3.33. The molecular formula is C31H40N6O6. The highest BCUT2D eigenvalue weighted by Gasteiger charge is 2.30. The van der Waals surface area contributed by atoms with Gasteiger partial charge >= 0.3 is 6.09 Å². The summed E-state index contributed by atoms with van der Waals surface area (Å²) in [5.41, 5.74) is 0.374. The van der Waals surface area contributed by atoms with Crippen LogP contribution in [0.5, 0.6) is 0 Å². The Bertz CT molecular complexity index is 1640. The first-order valence-electron chi connectivity index (χ1n) is 14.2. The molecule has 43 heavy (non-hydrogen) atoms. The molecular weight excluding hydrogens is 552 g/mol. The maximum atomic E-state index is 12.8. The minimum atomic E-state index is -1.20. The lowest BCUT2D eigenvalue weighted by Gasteiger charge is -2.28. The molecule has 0 saturated carbocycles. The van der Waals surface area contributed by atoms with Crippen molar-refractivity contribution in [2.75, 3.05) is 19.8 Å². The van der Waals surface area contributed by atoms with E-state index in [9.17, 15) is 14.8 Å². The summed E-state index contributed by atoms with van der Waals surface area (Å²) in [6.45, 7) is 10.6. The van der Waals surface area contributed by atoms with E-state index in [1.165, 1.54) is 0 Å². The van der Waals surface area contributed by atoms with Crippen molar-refractivity contribution in [2.45, 2.75) is 65.5 Å². The predicted molar refractivity (Wildman–Crippen MR) is 160 cm³/mol. The molecule has 0 saturated heterocycles. The Kier molecular flexibility index (Phi) is 9.72. The quantitative estimate of drug-likeness (QED) is 0.136. The molecule has 4 aromatic rings. The van der Waals surface area contributed by atoms with Gasteiger partial charge in [-0.05, 0) is 46.2 Å². The molecule has 4 rings (SSSR count). The number of para-hydroxylation sites is 1. The minimum absolute atomic E-state index is 0.102. The largest absolute Gasteiger partial charge is 0.445 e. The molecule has 0 aliphatic heterocycles. The van der Waals surface area contributed by atoms with Crippen molar-refractivity contribution in [3.8, 4) is 0 Å². The smallest absolute Gasteiger partial charge is 0.408 e. The molecule has 0 spiro atoms. The lowest BCUT2D eigenvalue weighted by molar-refractivity contribution is -0.127. The summed E-state index contributed by atoms with van der Waals surface area (Å²) in [6.07, 6.45) is -0.688. The third-order valence-electron chi connectivity index (χ3n) is 6.92. The van der Waals surface area contributed by atoms with Gasteiger partial charge in [0.1, 0.15) is 30.1 Å². The third-order valence-corrected chi connectivity index (χ3v) is 6.92. The number of rotatable bonds is 13. The molecule has 2 heterocycles. The molecule has 0 aliphatic rings. The van der Waals surface area contributed by atoms with Crippen molar-refractivity contribution in [3.63, 3.8) is 0 Å². The summed E-state index contributed by atoms with van der Waals surface area (Å²) >= 11 is 0. The van der Waals surface area contributed by atoms with E-state index in [1.54, 1.807) is 26.0 Å². The Balaban J connectivity index is 1.39. The van der Waals surface area contributed by atoms with Gasteiger partial charge in [0, 0.05) is 18.5 Å². The maximum absolute atomic E-state index is 12.8. The number of ether oxygens (including phenoxy) is 3. The summed E-state index contributed by atoms with van der Waals surface area (Å²) in [7, 11) is 0. The molecule has 4 N–H and O–H groups in total. The Morgan fingerprint density at radius 2 is 1.72 bits per heavy atom. The number of alkyl carbamates (subject to hydrolysis) is 1. The number of pyridine rings is 1. The molecule has 12 nitrogen and oxygen atoms in total. The number of aromatic nitrogens is 3. The number of hydrogen-bond acceptors (Lipinski definition) is 8. The van der Waals surface area contributed by atoms with Crippen molar-refractivity contribution < 1.29 is 29.0 Å². The van der Waals surface area contributed by atoms with Crippen LogP contribution in [-0.4, -0.2) is 62.4 Å². The van der Waals surface area contributed by atoms with E-state index >= 15 is 0 Å². The standard InChI is InChI=1S/C31H40N6O6/c1-6-41-19-24-34-25-26(22-14-10-11-15-23(22)37(40)27(25)32)36(24)20-30(2,3)43-17-16-33-28(38)31(4,5)35-29(39)42-18-21-12-8-7-9-13-21/h7-15,32,40H,6,16-20H2,1-5H3,(H,33,38)(H,35,39). The monoisotopic (exact) mass is 592 g/mol. The third kappa shape index (κ3) is 7.51. The van der Waals surface area contributed by atoms with E-state index in [2.05, 4.69) is 15.6 Å². The van der Waals surface area contributed by atoms with Gasteiger partial charge in [-0.15, -0.1) is 0 Å². The van der Waals surface area contributed by atoms with Crippen LogP contribution in [0.3, 0.4) is 0 Å². The number of nitrogens with zero attached hydrogens (tertiary/aromatic N) is 3. The van der Waals surface area contributed by atoms with Gasteiger partial charge in [0.05, 0.1) is 29.8 Å². The van der Waals surface area contributed by atoms with Crippen molar-refractivity contribution >= 4 is 33.9 Å². The summed E-state index contributed by atoms with van der Waals surface area (Å²) < 4.78 is 19.9. The molecule has 0 bridgehead atoms. The normalized spacial score (nSPS) is 12.0. The molecule has 0 aliphatic carbocycles. The van der Waals surface area contributed by atoms with Gasteiger partial charge in [-0.25, -0.2) is 9.78 Å². The topological polar surface area (TPSA) is 153 Å². The second-order valence-electron chi connectivity index (χ2n) is 11.3. The van der Waals surface area contributed by atoms with Crippen LogP contribution in [0.2, 0.25) is 0 Å². The van der Waals surface area contributed by atoms with Gasteiger partial charge in [-0.3, -0.25) is 10.2 Å². The second kappa shape index (κ2) is 13.3. The van der Waals surface area contributed by atoms with Crippen LogP contribution in [0.4, 0.5) is 4.79 Å². The Hall–Kier alpha value is -4.42. The van der Waals surface area contributed by atoms with E-state index < -0.39 is 17.2 Å². The van der Waals surface area contributed by atoms with E-state index in [-0.39, 0.29) is 37.8 Å². The highest BCUT2D eigenvalue weighted by molar-refractivity contribution is 6.02. The van der Waals surface area contributed by atoms with Crippen molar-refractivity contribution in [2.24, 2.45) is 0 Å². The Labute approximate surface area is 250 Å². The first-order valence-corrected chi connectivity index (χ1v) is 14.2. The van der Waals surface area contributed by atoms with Gasteiger partial charge in [0.25, 0.3) is 0 Å². The molecule has 230 valence electrons. The molecule has 0 radical (unpaired) electrons. The van der Waals surface area contributed by atoms with Gasteiger partial charge in [-0.2, -0.15) is 4.73 Å². The number of hydrogen-bond donors (Lipinski definition) is 4. The van der Waals surface area contributed by atoms with E-state index in [0.29, 0.717) is 35.5 Å². The van der Waals surface area contributed by atoms with Crippen molar-refractivity contribution in [3.05, 3.63) is 71.5 Å². The first-order chi connectivity index (χ1) is 20.4. The summed E-state index contributed by atoms with van der Waals surface area (Å²) in [5, 5.41) is 25.3. The van der Waals surface area contributed by atoms with Crippen molar-refractivity contribution in [1.82, 2.24) is 24.9 Å². The number of imidazole rings is 1. The lowest BCUT2D eigenvalue weighted by atomic mass is 10.1. The Morgan fingerprint density at radius 3 is 2.44 bits per heavy atom. The lowest BCUT2D eigenvalue weighted by Crippen LogP contribution is -2.55. The van der Waals surface area contributed by atoms with Crippen LogP contribution in [0.1, 0.15) is 46.0 Å². The fourth-order valence-corrected chi connectivity index (χ4v) is 4.70. The summed E-state index contributed by atoms with van der Waals surface area (Å²) in [6, 6.07) is 16.6. The van der Waals surface area contributed by atoms with Crippen LogP contribution < -0.4 is 16.1 Å². The fraction of sp³-hybridized carbons (Fsp3) is 0.419. The van der Waals surface area contributed by atoms with Gasteiger partial charge in [-0.1, -0.05) is 48.5 Å². The van der Waals surface area contributed by atoms with Crippen LogP contribution in [0.25, 0.3) is 21.9 Å². The maximum Gasteiger partial charge on any atom is 0.408 e. The minimum Gasteiger partial charge on any atom is -0.445 e. The molecule has 0 atom stereocenters. The summed E-state index contributed by atoms with van der Waals surface area (Å²) in [5.74, 6) is 0.232. The number of benzene rings is 2. The number of nitrogens with one attached hydrogen (secondary N) is 3. The van der Waals surface area contributed by atoms with Crippen LogP contribution >= 0.6 is 0 Å². The number of carbonyl (C=O) groups is 2. The number of fused-ring (bicyclic) bond motifs is 3. The number of carbonyl (C=O) groups excluding carboxylic acids is 2. The highest BCUT2D eigenvalue weighted by atomic mass is 16.5. The van der Waals surface area contributed by atoms with Crippen LogP contribution in [0, 0.1) is 5.41 Å². The zero-order valence-electron chi connectivity index (χ0n) is 25.3. The van der Waals surface area contributed by atoms with Crippen molar-refractivity contribution in [1.29, 1.82) is 5.41 Å². The van der Waals surface area contributed by atoms with Gasteiger partial charge in [0.2, 0.25) is 5.91 Å². The highest BCUT2D eigenvalue weighted by Crippen LogP contribution is 2.26. The van der Waals surface area contributed by atoms with Crippen LogP contribution in [-0.2, 0) is 38.8 Å².